The number of nitrogens with zero attached hydrogens (tertiary/aromatic N) is 2. The third kappa shape index (κ3) is 2.76. The van der Waals surface area contributed by atoms with Gasteiger partial charge < -0.3 is 14.4 Å². The van der Waals surface area contributed by atoms with Crippen LogP contribution in [0.4, 0.5) is 0 Å². The minimum atomic E-state index is 0.157. The SMILES string of the molecule is OCCCc1nc(C2CCCOC2)no1. The summed E-state index contributed by atoms with van der Waals surface area (Å²) in [5.41, 5.74) is 0. The van der Waals surface area contributed by atoms with E-state index in [1.807, 2.05) is 0 Å². The molecule has 0 spiro atoms. The monoisotopic (exact) mass is 212 g/mol. The fraction of sp³-hybridized carbons (Fsp3) is 0.800. The van der Waals surface area contributed by atoms with E-state index in [0.717, 1.165) is 25.3 Å². The molecule has 1 aliphatic heterocycles. The van der Waals surface area contributed by atoms with Gasteiger partial charge in [0.15, 0.2) is 5.82 Å². The molecule has 1 unspecified atom stereocenters. The van der Waals surface area contributed by atoms with Crippen molar-refractivity contribution in [3.8, 4) is 0 Å². The molecular formula is C10H16N2O3. The first-order chi connectivity index (χ1) is 7.40. The highest BCUT2D eigenvalue weighted by Crippen LogP contribution is 2.22. The molecule has 1 saturated heterocycles. The van der Waals surface area contributed by atoms with Gasteiger partial charge in [-0.05, 0) is 19.3 Å². The van der Waals surface area contributed by atoms with Crippen LogP contribution in [0.3, 0.4) is 0 Å². The van der Waals surface area contributed by atoms with Gasteiger partial charge in [0.2, 0.25) is 5.89 Å². The summed E-state index contributed by atoms with van der Waals surface area (Å²) in [6, 6.07) is 0. The van der Waals surface area contributed by atoms with E-state index in [9.17, 15) is 0 Å². The molecule has 2 heterocycles. The highest BCUT2D eigenvalue weighted by molar-refractivity contribution is 4.96. The molecule has 15 heavy (non-hydrogen) atoms. The number of hydrogen-bond donors (Lipinski definition) is 1. The molecule has 1 aromatic heterocycles. The minimum Gasteiger partial charge on any atom is -0.396 e. The molecule has 0 amide bonds. The fourth-order valence-electron chi connectivity index (χ4n) is 1.71. The van der Waals surface area contributed by atoms with Gasteiger partial charge in [0.1, 0.15) is 0 Å². The second kappa shape index (κ2) is 5.23. The van der Waals surface area contributed by atoms with Gasteiger partial charge in [0.05, 0.1) is 6.61 Å². The van der Waals surface area contributed by atoms with Crippen molar-refractivity contribution in [3.63, 3.8) is 0 Å². The summed E-state index contributed by atoms with van der Waals surface area (Å²) in [5, 5.41) is 12.6. The van der Waals surface area contributed by atoms with Crippen LogP contribution >= 0.6 is 0 Å². The maximum Gasteiger partial charge on any atom is 0.226 e. The van der Waals surface area contributed by atoms with Crippen LogP contribution in [0.5, 0.6) is 0 Å². The van der Waals surface area contributed by atoms with Gasteiger partial charge in [-0.25, -0.2) is 0 Å². The van der Waals surface area contributed by atoms with Crippen molar-refractivity contribution in [2.75, 3.05) is 19.8 Å². The van der Waals surface area contributed by atoms with Crippen molar-refractivity contribution < 1.29 is 14.4 Å². The summed E-state index contributed by atoms with van der Waals surface area (Å²) in [7, 11) is 0. The number of aliphatic hydroxyl groups excluding tert-OH is 1. The fourth-order valence-corrected chi connectivity index (χ4v) is 1.71. The smallest absolute Gasteiger partial charge is 0.226 e. The van der Waals surface area contributed by atoms with Crippen LogP contribution in [0.1, 0.15) is 36.9 Å². The summed E-state index contributed by atoms with van der Waals surface area (Å²) in [5.74, 6) is 1.65. The summed E-state index contributed by atoms with van der Waals surface area (Å²) < 4.78 is 10.5. The van der Waals surface area contributed by atoms with Crippen LogP contribution in [0.15, 0.2) is 4.52 Å². The Morgan fingerprint density at radius 3 is 3.13 bits per heavy atom. The number of ether oxygens (including phenoxy) is 1. The largest absolute Gasteiger partial charge is 0.396 e. The molecule has 5 heteroatoms. The summed E-state index contributed by atoms with van der Waals surface area (Å²) in [6.07, 6.45) is 3.45. The standard InChI is InChI=1S/C10H16N2O3/c13-5-1-4-9-11-10(12-15-9)8-3-2-6-14-7-8/h8,13H,1-7H2. The van der Waals surface area contributed by atoms with Gasteiger partial charge in [-0.3, -0.25) is 0 Å². The number of aromatic nitrogens is 2. The van der Waals surface area contributed by atoms with Crippen LogP contribution < -0.4 is 0 Å². The number of aryl methyl sites for hydroxylation is 1. The van der Waals surface area contributed by atoms with Gasteiger partial charge in [-0.1, -0.05) is 5.16 Å². The van der Waals surface area contributed by atoms with Crippen LogP contribution in [0.25, 0.3) is 0 Å². The molecule has 84 valence electrons. The van der Waals surface area contributed by atoms with Gasteiger partial charge in [-0.2, -0.15) is 4.98 Å². The lowest BCUT2D eigenvalue weighted by atomic mass is 10.0. The first-order valence-electron chi connectivity index (χ1n) is 5.41. The molecule has 0 radical (unpaired) electrons. The van der Waals surface area contributed by atoms with Gasteiger partial charge in [-0.15, -0.1) is 0 Å². The lowest BCUT2D eigenvalue weighted by molar-refractivity contribution is 0.0773. The number of rotatable bonds is 4. The van der Waals surface area contributed by atoms with Crippen molar-refractivity contribution in [2.24, 2.45) is 0 Å². The van der Waals surface area contributed by atoms with Crippen LogP contribution in [0, 0.1) is 0 Å². The highest BCUT2D eigenvalue weighted by Gasteiger charge is 2.21. The first-order valence-corrected chi connectivity index (χ1v) is 5.41. The Morgan fingerprint density at radius 2 is 2.40 bits per heavy atom. The Balaban J connectivity index is 1.93. The molecule has 0 saturated carbocycles. The molecule has 0 aromatic carbocycles. The Bertz CT molecular complexity index is 295. The lowest BCUT2D eigenvalue weighted by Gasteiger charge is -2.18. The predicted molar refractivity (Wildman–Crippen MR) is 52.5 cm³/mol. The Kier molecular flexibility index (Phi) is 3.69. The van der Waals surface area contributed by atoms with E-state index in [1.54, 1.807) is 0 Å². The summed E-state index contributed by atoms with van der Waals surface area (Å²) >= 11 is 0. The van der Waals surface area contributed by atoms with E-state index >= 15 is 0 Å². The van der Waals surface area contributed by atoms with Crippen LogP contribution in [0.2, 0.25) is 0 Å². The maximum absolute atomic E-state index is 8.67. The molecule has 0 aliphatic carbocycles. The topological polar surface area (TPSA) is 68.4 Å². The Labute approximate surface area is 88.4 Å². The summed E-state index contributed by atoms with van der Waals surface area (Å²) in [6.45, 7) is 1.69. The molecule has 2 rings (SSSR count). The minimum absolute atomic E-state index is 0.157. The Morgan fingerprint density at radius 1 is 1.47 bits per heavy atom. The third-order valence-electron chi connectivity index (χ3n) is 2.56. The van der Waals surface area contributed by atoms with E-state index in [1.165, 1.54) is 0 Å². The van der Waals surface area contributed by atoms with Crippen molar-refractivity contribution >= 4 is 0 Å². The Hall–Kier alpha value is -0.940. The van der Waals surface area contributed by atoms with E-state index < -0.39 is 0 Å². The molecule has 0 bridgehead atoms. The molecule has 1 fully saturated rings. The van der Waals surface area contributed by atoms with E-state index in [0.29, 0.717) is 25.3 Å². The van der Waals surface area contributed by atoms with Gasteiger partial charge >= 0.3 is 0 Å². The van der Waals surface area contributed by atoms with Gasteiger partial charge in [0.25, 0.3) is 0 Å². The van der Waals surface area contributed by atoms with Crippen molar-refractivity contribution in [1.82, 2.24) is 10.1 Å². The highest BCUT2D eigenvalue weighted by atomic mass is 16.5. The second-order valence-corrected chi connectivity index (χ2v) is 3.79. The van der Waals surface area contributed by atoms with Crippen molar-refractivity contribution in [3.05, 3.63) is 11.7 Å². The summed E-state index contributed by atoms with van der Waals surface area (Å²) in [4.78, 5) is 4.30. The normalized spacial score (nSPS) is 21.8. The molecule has 1 atom stereocenters. The van der Waals surface area contributed by atoms with Crippen LogP contribution in [-0.2, 0) is 11.2 Å². The molecule has 1 N–H and O–H groups in total. The zero-order valence-electron chi connectivity index (χ0n) is 8.69. The molecule has 1 aliphatic rings. The van der Waals surface area contributed by atoms with E-state index in [-0.39, 0.29) is 12.5 Å². The number of aliphatic hydroxyl groups is 1. The van der Waals surface area contributed by atoms with E-state index in [4.69, 9.17) is 14.4 Å². The maximum atomic E-state index is 8.67. The zero-order chi connectivity index (χ0) is 10.5. The molecule has 1 aromatic rings. The average Bonchev–Trinajstić information content (AvgIpc) is 2.76. The third-order valence-corrected chi connectivity index (χ3v) is 2.56. The molecular weight excluding hydrogens is 196 g/mol. The average molecular weight is 212 g/mol. The quantitative estimate of drug-likeness (QED) is 0.802. The van der Waals surface area contributed by atoms with Gasteiger partial charge in [0, 0.05) is 25.6 Å². The number of hydrogen-bond acceptors (Lipinski definition) is 5. The van der Waals surface area contributed by atoms with E-state index in [2.05, 4.69) is 10.1 Å². The zero-order valence-corrected chi connectivity index (χ0v) is 8.69. The molecule has 5 nitrogen and oxygen atoms in total. The first kappa shape index (κ1) is 10.6. The second-order valence-electron chi connectivity index (χ2n) is 3.79. The van der Waals surface area contributed by atoms with Crippen molar-refractivity contribution in [1.29, 1.82) is 0 Å². The predicted octanol–water partition coefficient (Wildman–Crippen LogP) is 0.888. The van der Waals surface area contributed by atoms with Crippen molar-refractivity contribution in [2.45, 2.75) is 31.6 Å². The lowest BCUT2D eigenvalue weighted by Crippen LogP contribution is -2.16. The van der Waals surface area contributed by atoms with Crippen LogP contribution in [-0.4, -0.2) is 35.1 Å².